The Balaban J connectivity index is 0.996. The standard InChI is InChI=1S/C62H33N5O3/c1-7-19-49-35(13-1)41-28-44-38-16-4-10-22-55(38)68-58(44)31-52(41)65(49)34-25-26-47-48(27-34)64-62(67-51-21-9-3-15-37(51)43-30-46-40-18-6-12-24-57(40)70-60(46)33-54(43)67)61(63-47)66-50-20-8-2-14-36(50)42-29-45-39-17-5-11-23-56(39)69-59(45)32-53(42)66/h1-33H. The topological polar surface area (TPSA) is 80.0 Å². The van der Waals surface area contributed by atoms with Gasteiger partial charge in [-0.05, 0) is 72.8 Å². The molecule has 17 aromatic rings. The lowest BCUT2D eigenvalue weighted by Crippen LogP contribution is -2.09. The second kappa shape index (κ2) is 13.1. The van der Waals surface area contributed by atoms with Crippen molar-refractivity contribution >= 4 is 142 Å². The quantitative estimate of drug-likeness (QED) is 0.176. The fourth-order valence-corrected chi connectivity index (χ4v) is 11.8. The highest BCUT2D eigenvalue weighted by molar-refractivity contribution is 6.20. The number of aromatic nitrogens is 5. The molecule has 10 aromatic carbocycles. The van der Waals surface area contributed by atoms with Gasteiger partial charge in [0.05, 0.1) is 44.1 Å². The summed E-state index contributed by atoms with van der Waals surface area (Å²) in [5.74, 6) is 1.38. The SMILES string of the molecule is c1ccc2c(c1)oc1cc3c(cc12)c1ccccc1n3-c1ccc2nc(-n3c4ccccc4c4cc5c(cc43)oc3ccccc35)c(-n3c4ccccc4c4cc5c(cc43)oc3ccccc35)nc2c1. The lowest BCUT2D eigenvalue weighted by molar-refractivity contribution is 0.669. The molecule has 0 aliphatic carbocycles. The van der Waals surface area contributed by atoms with E-state index < -0.39 is 0 Å². The van der Waals surface area contributed by atoms with Gasteiger partial charge in [0.2, 0.25) is 0 Å². The van der Waals surface area contributed by atoms with E-state index >= 15 is 0 Å². The first-order valence-corrected chi connectivity index (χ1v) is 23.5. The number of furan rings is 3. The first-order valence-electron chi connectivity index (χ1n) is 23.5. The monoisotopic (exact) mass is 895 g/mol. The van der Waals surface area contributed by atoms with Gasteiger partial charge in [0, 0.05) is 88.5 Å². The summed E-state index contributed by atoms with van der Waals surface area (Å²) < 4.78 is 26.5. The Morgan fingerprint density at radius 2 is 0.600 bits per heavy atom. The van der Waals surface area contributed by atoms with Crippen molar-refractivity contribution < 1.29 is 13.3 Å². The second-order valence-corrected chi connectivity index (χ2v) is 18.5. The van der Waals surface area contributed by atoms with Crippen LogP contribution in [0.15, 0.2) is 213 Å². The Morgan fingerprint density at radius 1 is 0.243 bits per heavy atom. The predicted octanol–water partition coefficient (Wildman–Crippen LogP) is 16.6. The van der Waals surface area contributed by atoms with Crippen LogP contribution in [0.2, 0.25) is 0 Å². The molecule has 0 saturated carbocycles. The fourth-order valence-electron chi connectivity index (χ4n) is 11.8. The molecule has 0 N–H and O–H groups in total. The maximum atomic E-state index is 6.60. The summed E-state index contributed by atoms with van der Waals surface area (Å²) in [5.41, 5.74) is 13.7. The van der Waals surface area contributed by atoms with E-state index in [9.17, 15) is 0 Å². The first kappa shape index (κ1) is 36.5. The van der Waals surface area contributed by atoms with Crippen molar-refractivity contribution in [3.8, 4) is 17.3 Å². The van der Waals surface area contributed by atoms with Crippen LogP contribution in [0, 0.1) is 0 Å². The van der Waals surface area contributed by atoms with Gasteiger partial charge in [-0.3, -0.25) is 9.13 Å². The normalized spacial score (nSPS) is 12.6. The minimum Gasteiger partial charge on any atom is -0.456 e. The van der Waals surface area contributed by atoms with E-state index in [1.54, 1.807) is 0 Å². The smallest absolute Gasteiger partial charge is 0.182 e. The summed E-state index contributed by atoms with van der Waals surface area (Å²) in [6.45, 7) is 0. The molecule has 8 heteroatoms. The van der Waals surface area contributed by atoms with E-state index in [0.717, 1.165) is 143 Å². The van der Waals surface area contributed by atoms with Crippen molar-refractivity contribution in [1.82, 2.24) is 23.7 Å². The van der Waals surface area contributed by atoms with Crippen molar-refractivity contribution in [2.24, 2.45) is 0 Å². The van der Waals surface area contributed by atoms with E-state index in [-0.39, 0.29) is 0 Å². The van der Waals surface area contributed by atoms with Gasteiger partial charge in [-0.1, -0.05) is 109 Å². The van der Waals surface area contributed by atoms with Gasteiger partial charge >= 0.3 is 0 Å². The van der Waals surface area contributed by atoms with Gasteiger partial charge in [0.1, 0.15) is 33.5 Å². The molecule has 7 aromatic heterocycles. The first-order chi connectivity index (χ1) is 34.7. The molecule has 0 spiro atoms. The molecule has 0 radical (unpaired) electrons. The number of rotatable bonds is 3. The van der Waals surface area contributed by atoms with Crippen LogP contribution in [-0.2, 0) is 0 Å². The third-order valence-electron chi connectivity index (χ3n) is 14.8. The molecule has 324 valence electrons. The highest BCUT2D eigenvalue weighted by Gasteiger charge is 2.26. The van der Waals surface area contributed by atoms with Gasteiger partial charge in [-0.25, -0.2) is 9.97 Å². The Kier molecular flexibility index (Phi) is 6.80. The van der Waals surface area contributed by atoms with Crippen LogP contribution < -0.4 is 0 Å². The highest BCUT2D eigenvalue weighted by atomic mass is 16.3. The summed E-state index contributed by atoms with van der Waals surface area (Å²) >= 11 is 0. The fraction of sp³-hybridized carbons (Fsp3) is 0. The maximum Gasteiger partial charge on any atom is 0.182 e. The molecule has 0 unspecified atom stereocenters. The van der Waals surface area contributed by atoms with Crippen LogP contribution in [0.3, 0.4) is 0 Å². The minimum absolute atomic E-state index is 0.685. The van der Waals surface area contributed by atoms with Crippen LogP contribution in [0.25, 0.3) is 160 Å². The lowest BCUT2D eigenvalue weighted by atomic mass is 10.1. The predicted molar refractivity (Wildman–Crippen MR) is 284 cm³/mol. The van der Waals surface area contributed by atoms with Gasteiger partial charge in [-0.15, -0.1) is 0 Å². The van der Waals surface area contributed by atoms with Crippen molar-refractivity contribution in [1.29, 1.82) is 0 Å². The molecule has 0 atom stereocenters. The van der Waals surface area contributed by atoms with Crippen molar-refractivity contribution in [3.05, 3.63) is 200 Å². The van der Waals surface area contributed by atoms with E-state index in [0.29, 0.717) is 11.6 Å². The molecule has 0 fully saturated rings. The number of benzene rings is 10. The number of hydrogen-bond acceptors (Lipinski definition) is 5. The zero-order chi connectivity index (χ0) is 45.3. The summed E-state index contributed by atoms with van der Waals surface area (Å²) in [7, 11) is 0. The molecule has 8 nitrogen and oxygen atoms in total. The lowest BCUT2D eigenvalue weighted by Gasteiger charge is -2.16. The number of fused-ring (bicyclic) bond motifs is 19. The maximum absolute atomic E-state index is 6.60. The van der Waals surface area contributed by atoms with Crippen LogP contribution >= 0.6 is 0 Å². The largest absolute Gasteiger partial charge is 0.456 e. The summed E-state index contributed by atoms with van der Waals surface area (Å²) in [6.07, 6.45) is 0. The molecule has 0 amide bonds. The molecule has 70 heavy (non-hydrogen) atoms. The van der Waals surface area contributed by atoms with E-state index in [1.165, 1.54) is 5.39 Å². The molecule has 7 heterocycles. The van der Waals surface area contributed by atoms with Crippen LogP contribution in [-0.4, -0.2) is 23.7 Å². The Hall–Kier alpha value is -9.66. The molecule has 0 aliphatic rings. The van der Waals surface area contributed by atoms with Crippen LogP contribution in [0.1, 0.15) is 0 Å². The zero-order valence-corrected chi connectivity index (χ0v) is 37.0. The van der Waals surface area contributed by atoms with Gasteiger partial charge < -0.3 is 17.8 Å². The van der Waals surface area contributed by atoms with Crippen LogP contribution in [0.4, 0.5) is 0 Å². The highest BCUT2D eigenvalue weighted by Crippen LogP contribution is 2.44. The van der Waals surface area contributed by atoms with Crippen molar-refractivity contribution in [2.75, 3.05) is 0 Å². The van der Waals surface area contributed by atoms with E-state index in [2.05, 4.69) is 177 Å². The minimum atomic E-state index is 0.685. The number of nitrogens with zero attached hydrogens (tertiary/aromatic N) is 5. The molecule has 17 rings (SSSR count). The molecular formula is C62H33N5O3. The van der Waals surface area contributed by atoms with Gasteiger partial charge in [-0.2, -0.15) is 0 Å². The molecular weight excluding hydrogens is 863 g/mol. The van der Waals surface area contributed by atoms with Crippen LogP contribution in [0.5, 0.6) is 0 Å². The molecule has 0 saturated heterocycles. The summed E-state index contributed by atoms with van der Waals surface area (Å²) in [6, 6.07) is 70.4. The second-order valence-electron chi connectivity index (χ2n) is 18.5. The van der Waals surface area contributed by atoms with E-state index in [4.69, 9.17) is 23.2 Å². The number of hydrogen-bond donors (Lipinski definition) is 0. The summed E-state index contributed by atoms with van der Waals surface area (Å²) in [5, 5.41) is 13.3. The average Bonchev–Trinajstić information content (AvgIpc) is 4.25. The number of para-hydroxylation sites is 6. The van der Waals surface area contributed by atoms with Gasteiger partial charge in [0.25, 0.3) is 0 Å². The van der Waals surface area contributed by atoms with Crippen molar-refractivity contribution in [3.63, 3.8) is 0 Å². The molecule has 0 bridgehead atoms. The third kappa shape index (κ3) is 4.73. The Labute approximate surface area is 395 Å². The van der Waals surface area contributed by atoms with E-state index in [1.807, 2.05) is 36.4 Å². The zero-order valence-electron chi connectivity index (χ0n) is 37.0. The third-order valence-corrected chi connectivity index (χ3v) is 14.8. The average molecular weight is 896 g/mol. The van der Waals surface area contributed by atoms with Crippen molar-refractivity contribution in [2.45, 2.75) is 0 Å². The molecule has 0 aliphatic heterocycles. The summed E-state index contributed by atoms with van der Waals surface area (Å²) in [4.78, 5) is 11.5. The Morgan fingerprint density at radius 3 is 1.04 bits per heavy atom. The Bertz CT molecular complexity index is 5150. The van der Waals surface area contributed by atoms with Gasteiger partial charge in [0.15, 0.2) is 11.6 Å².